The van der Waals surface area contributed by atoms with Crippen LogP contribution in [0.1, 0.15) is 51.6 Å². The third kappa shape index (κ3) is 3.84. The van der Waals surface area contributed by atoms with Crippen LogP contribution in [-0.4, -0.2) is 52.4 Å². The second-order valence-corrected chi connectivity index (χ2v) is 7.20. The molecule has 27 heavy (non-hydrogen) atoms. The molecule has 1 fully saturated rings. The zero-order chi connectivity index (χ0) is 19.7. The van der Waals surface area contributed by atoms with Crippen molar-refractivity contribution in [2.45, 2.75) is 40.2 Å². The number of rotatable bonds is 3. The van der Waals surface area contributed by atoms with E-state index in [0.29, 0.717) is 42.9 Å². The summed E-state index contributed by atoms with van der Waals surface area (Å²) in [6.45, 7) is 8.98. The highest BCUT2D eigenvalue weighted by Gasteiger charge is 2.32. The van der Waals surface area contributed by atoms with Crippen molar-refractivity contribution in [3.63, 3.8) is 0 Å². The van der Waals surface area contributed by atoms with Gasteiger partial charge in [-0.25, -0.2) is 0 Å². The molecule has 0 spiro atoms. The van der Waals surface area contributed by atoms with Crippen LogP contribution in [0, 0.1) is 13.8 Å². The number of phenolic OH excluding ortho intramolecular Hbond substituents is 1. The molecule has 2 aromatic rings. The maximum atomic E-state index is 12.9. The number of furan rings is 1. The Bertz CT molecular complexity index is 851. The highest BCUT2D eigenvalue weighted by molar-refractivity contribution is 5.97. The van der Waals surface area contributed by atoms with Gasteiger partial charge in [0.2, 0.25) is 0 Å². The fraction of sp³-hybridized carbons (Fsp3) is 0.429. The van der Waals surface area contributed by atoms with E-state index in [0.717, 1.165) is 11.3 Å². The van der Waals surface area contributed by atoms with Crippen LogP contribution < -0.4 is 0 Å². The number of aromatic hydroxyl groups is 1. The van der Waals surface area contributed by atoms with Gasteiger partial charge in [0.15, 0.2) is 0 Å². The molecule has 1 atom stereocenters. The fourth-order valence-electron chi connectivity index (χ4n) is 3.67. The van der Waals surface area contributed by atoms with Gasteiger partial charge in [0.05, 0.1) is 5.56 Å². The number of hydrogen-bond donors (Lipinski definition) is 1. The largest absolute Gasteiger partial charge is 0.508 e. The van der Waals surface area contributed by atoms with E-state index in [-0.39, 0.29) is 23.6 Å². The summed E-state index contributed by atoms with van der Waals surface area (Å²) < 4.78 is 5.61. The Labute approximate surface area is 159 Å². The molecule has 1 aromatic carbocycles. The van der Waals surface area contributed by atoms with Crippen molar-refractivity contribution in [2.24, 2.45) is 0 Å². The van der Waals surface area contributed by atoms with Crippen molar-refractivity contribution in [2.75, 3.05) is 19.6 Å². The Balaban J connectivity index is 1.73. The first-order chi connectivity index (χ1) is 12.8. The fourth-order valence-corrected chi connectivity index (χ4v) is 3.67. The highest BCUT2D eigenvalue weighted by atomic mass is 16.3. The zero-order valence-corrected chi connectivity index (χ0v) is 16.3. The molecule has 1 saturated heterocycles. The molecule has 1 aliphatic heterocycles. The van der Waals surface area contributed by atoms with Gasteiger partial charge >= 0.3 is 0 Å². The lowest BCUT2D eigenvalue weighted by atomic mass is 10.1. The third-order valence-corrected chi connectivity index (χ3v) is 4.97. The van der Waals surface area contributed by atoms with Gasteiger partial charge in [-0.2, -0.15) is 0 Å². The summed E-state index contributed by atoms with van der Waals surface area (Å²) in [5.41, 5.74) is 1.92. The van der Waals surface area contributed by atoms with Gasteiger partial charge in [0.25, 0.3) is 11.8 Å². The zero-order valence-electron chi connectivity index (χ0n) is 16.3. The van der Waals surface area contributed by atoms with Gasteiger partial charge in [0.1, 0.15) is 17.3 Å². The minimum atomic E-state index is -0.123. The highest BCUT2D eigenvalue weighted by Crippen LogP contribution is 2.22. The van der Waals surface area contributed by atoms with Gasteiger partial charge in [0, 0.05) is 37.7 Å². The Kier molecular flexibility index (Phi) is 5.26. The third-order valence-electron chi connectivity index (χ3n) is 4.97. The summed E-state index contributed by atoms with van der Waals surface area (Å²) in [7, 11) is 0. The molecule has 6 heteroatoms. The predicted molar refractivity (Wildman–Crippen MR) is 102 cm³/mol. The summed E-state index contributed by atoms with van der Waals surface area (Å²) in [5.74, 6) is 1.36. The maximum absolute atomic E-state index is 12.9. The van der Waals surface area contributed by atoms with Crippen LogP contribution in [0.2, 0.25) is 0 Å². The molecule has 1 aromatic heterocycles. The minimum Gasteiger partial charge on any atom is -0.508 e. The first kappa shape index (κ1) is 19.0. The number of nitrogens with zero attached hydrogens (tertiary/aromatic N) is 2. The van der Waals surface area contributed by atoms with Gasteiger partial charge in [-0.15, -0.1) is 0 Å². The number of benzene rings is 1. The second kappa shape index (κ2) is 7.47. The molecule has 2 heterocycles. The number of piperazine rings is 1. The molecule has 2 amide bonds. The maximum Gasteiger partial charge on any atom is 0.257 e. The quantitative estimate of drug-likeness (QED) is 0.901. The van der Waals surface area contributed by atoms with E-state index in [9.17, 15) is 14.7 Å². The summed E-state index contributed by atoms with van der Waals surface area (Å²) >= 11 is 0. The molecule has 144 valence electrons. The van der Waals surface area contributed by atoms with E-state index < -0.39 is 0 Å². The number of carbonyl (C=O) groups is 2. The molecule has 0 aliphatic carbocycles. The number of aryl methyl sites for hydroxylation is 3. The number of phenols is 1. The predicted octanol–water partition coefficient (Wildman–Crippen LogP) is 3.15. The lowest BCUT2D eigenvalue weighted by Gasteiger charge is -2.40. The molecule has 1 unspecified atom stereocenters. The Hall–Kier alpha value is -2.76. The first-order valence-corrected chi connectivity index (χ1v) is 9.30. The van der Waals surface area contributed by atoms with Gasteiger partial charge in [-0.05, 0) is 50.6 Å². The normalized spacial score (nSPS) is 17.3. The minimum absolute atomic E-state index is 0.0455. The molecule has 1 N–H and O–H groups in total. The standard InChI is InChI=1S/C21H26N2O4/c1-5-19-18(10-15(4)27-19)21(26)22-6-7-23(14(3)12-22)20(25)16-8-13(2)9-17(24)11-16/h8-11,14,24H,5-7,12H2,1-4H3. The van der Waals surface area contributed by atoms with E-state index in [2.05, 4.69) is 0 Å². The molecule has 6 nitrogen and oxygen atoms in total. The lowest BCUT2D eigenvalue weighted by Crippen LogP contribution is -2.55. The van der Waals surface area contributed by atoms with E-state index >= 15 is 0 Å². The Morgan fingerprint density at radius 1 is 1.15 bits per heavy atom. The summed E-state index contributed by atoms with van der Waals surface area (Å²) in [4.78, 5) is 29.3. The van der Waals surface area contributed by atoms with Crippen molar-refractivity contribution in [3.05, 3.63) is 52.5 Å². The summed E-state index contributed by atoms with van der Waals surface area (Å²) in [6.07, 6.45) is 0.666. The molecular weight excluding hydrogens is 344 g/mol. The van der Waals surface area contributed by atoms with Crippen molar-refractivity contribution in [1.82, 2.24) is 9.80 Å². The molecular formula is C21H26N2O4. The van der Waals surface area contributed by atoms with Crippen LogP contribution in [0.4, 0.5) is 0 Å². The number of hydrogen-bond acceptors (Lipinski definition) is 4. The van der Waals surface area contributed by atoms with Crippen molar-refractivity contribution >= 4 is 11.8 Å². The lowest BCUT2D eigenvalue weighted by molar-refractivity contribution is 0.0413. The van der Waals surface area contributed by atoms with Crippen LogP contribution in [0.15, 0.2) is 28.7 Å². The second-order valence-electron chi connectivity index (χ2n) is 7.20. The molecule has 1 aliphatic rings. The summed E-state index contributed by atoms with van der Waals surface area (Å²) in [6, 6.07) is 6.56. The average molecular weight is 370 g/mol. The molecule has 3 rings (SSSR count). The smallest absolute Gasteiger partial charge is 0.257 e. The summed E-state index contributed by atoms with van der Waals surface area (Å²) in [5, 5.41) is 9.77. The van der Waals surface area contributed by atoms with Crippen LogP contribution >= 0.6 is 0 Å². The average Bonchev–Trinajstić information content (AvgIpc) is 3.00. The Morgan fingerprint density at radius 3 is 2.52 bits per heavy atom. The van der Waals surface area contributed by atoms with Crippen LogP contribution in [0.25, 0.3) is 0 Å². The van der Waals surface area contributed by atoms with Crippen LogP contribution in [0.3, 0.4) is 0 Å². The van der Waals surface area contributed by atoms with E-state index in [1.54, 1.807) is 28.0 Å². The topological polar surface area (TPSA) is 74.0 Å². The SMILES string of the molecule is CCc1oc(C)cc1C(=O)N1CCN(C(=O)c2cc(C)cc(O)c2)C(C)C1. The van der Waals surface area contributed by atoms with E-state index in [1.165, 1.54) is 6.07 Å². The van der Waals surface area contributed by atoms with Crippen LogP contribution in [0.5, 0.6) is 5.75 Å². The molecule has 0 bridgehead atoms. The monoisotopic (exact) mass is 370 g/mol. The van der Waals surface area contributed by atoms with Crippen molar-refractivity contribution in [1.29, 1.82) is 0 Å². The first-order valence-electron chi connectivity index (χ1n) is 9.30. The van der Waals surface area contributed by atoms with E-state index in [4.69, 9.17) is 4.42 Å². The Morgan fingerprint density at radius 2 is 1.89 bits per heavy atom. The van der Waals surface area contributed by atoms with Crippen LogP contribution in [-0.2, 0) is 6.42 Å². The van der Waals surface area contributed by atoms with E-state index in [1.807, 2.05) is 27.7 Å². The molecule has 0 saturated carbocycles. The number of amides is 2. The van der Waals surface area contributed by atoms with Gasteiger partial charge < -0.3 is 19.3 Å². The van der Waals surface area contributed by atoms with Gasteiger partial charge in [-0.1, -0.05) is 6.92 Å². The number of carbonyl (C=O) groups excluding carboxylic acids is 2. The van der Waals surface area contributed by atoms with Crippen molar-refractivity contribution < 1.29 is 19.1 Å². The molecule has 0 radical (unpaired) electrons. The van der Waals surface area contributed by atoms with Gasteiger partial charge in [-0.3, -0.25) is 9.59 Å². The van der Waals surface area contributed by atoms with Crippen molar-refractivity contribution in [3.8, 4) is 5.75 Å².